The number of carbonyl (C=O) groups is 4. The number of fused-ring (bicyclic) bond motifs is 2. The highest BCUT2D eigenvalue weighted by Gasteiger charge is 2.51. The standard InChI is InChI=1S/C26H22N2O8/c1-35-25(33)11-5-3-7-15-17(11)13(9-27-15)19-21(29)23(31)20(24(32)22(19)30)14-10-28-16-8-4-6-12(18(14)16)26(34)36-2/h3-10,19-21,24,27-29,32H,1-2H3. The molecule has 0 saturated heterocycles. The van der Waals surface area contributed by atoms with Crippen LogP contribution in [-0.4, -0.2) is 70.1 Å². The van der Waals surface area contributed by atoms with E-state index in [9.17, 15) is 29.4 Å². The molecule has 1 aliphatic rings. The van der Waals surface area contributed by atoms with Crippen molar-refractivity contribution in [2.75, 3.05) is 14.2 Å². The molecule has 0 amide bonds. The van der Waals surface area contributed by atoms with E-state index in [-0.39, 0.29) is 22.3 Å². The van der Waals surface area contributed by atoms with Gasteiger partial charge in [-0.25, -0.2) is 9.59 Å². The lowest BCUT2D eigenvalue weighted by Crippen LogP contribution is -2.51. The summed E-state index contributed by atoms with van der Waals surface area (Å²) in [6.45, 7) is 0. The summed E-state index contributed by atoms with van der Waals surface area (Å²) >= 11 is 0. The maximum atomic E-state index is 13.5. The lowest BCUT2D eigenvalue weighted by atomic mass is 9.70. The molecule has 0 spiro atoms. The highest BCUT2D eigenvalue weighted by atomic mass is 16.5. The summed E-state index contributed by atoms with van der Waals surface area (Å²) < 4.78 is 9.68. The minimum Gasteiger partial charge on any atom is -0.465 e. The number of esters is 2. The number of Topliss-reactive ketones (excluding diaryl/α,β-unsaturated/α-hetero) is 2. The molecule has 2 heterocycles. The van der Waals surface area contributed by atoms with E-state index >= 15 is 0 Å². The van der Waals surface area contributed by atoms with Crippen molar-refractivity contribution < 1.29 is 38.9 Å². The number of aromatic nitrogens is 2. The van der Waals surface area contributed by atoms with Gasteiger partial charge in [-0.1, -0.05) is 12.1 Å². The number of benzene rings is 2. The predicted molar refractivity (Wildman–Crippen MR) is 127 cm³/mol. The average Bonchev–Trinajstić information content (AvgIpc) is 3.52. The lowest BCUT2D eigenvalue weighted by molar-refractivity contribution is -0.149. The molecule has 2 aromatic heterocycles. The maximum Gasteiger partial charge on any atom is 0.338 e. The molecule has 4 atom stereocenters. The molecule has 36 heavy (non-hydrogen) atoms. The molecule has 4 unspecified atom stereocenters. The van der Waals surface area contributed by atoms with Crippen LogP contribution in [0.1, 0.15) is 43.7 Å². The number of methoxy groups -OCH3 is 2. The summed E-state index contributed by atoms with van der Waals surface area (Å²) in [7, 11) is 2.44. The fourth-order valence-corrected chi connectivity index (χ4v) is 5.13. The number of nitrogens with one attached hydrogen (secondary N) is 2. The third-order valence-corrected chi connectivity index (χ3v) is 6.78. The van der Waals surface area contributed by atoms with E-state index in [1.54, 1.807) is 24.3 Å². The number of aromatic amines is 2. The first-order chi connectivity index (χ1) is 17.3. The molecule has 10 heteroatoms. The van der Waals surface area contributed by atoms with Crippen molar-refractivity contribution >= 4 is 45.3 Å². The molecule has 10 nitrogen and oxygen atoms in total. The first-order valence-corrected chi connectivity index (χ1v) is 11.1. The van der Waals surface area contributed by atoms with Gasteiger partial charge in [0, 0.05) is 34.2 Å². The molecular formula is C26H22N2O8. The molecule has 0 radical (unpaired) electrons. The number of hydrogen-bond acceptors (Lipinski definition) is 8. The molecule has 4 aromatic rings. The lowest BCUT2D eigenvalue weighted by Gasteiger charge is -2.34. The predicted octanol–water partition coefficient (Wildman–Crippen LogP) is 1.96. The summed E-state index contributed by atoms with van der Waals surface area (Å²) in [5.74, 6) is -5.74. The molecule has 1 saturated carbocycles. The van der Waals surface area contributed by atoms with Gasteiger partial charge in [0.15, 0.2) is 11.6 Å². The number of carbonyl (C=O) groups excluding carboxylic acids is 4. The van der Waals surface area contributed by atoms with Gasteiger partial charge in [-0.15, -0.1) is 0 Å². The van der Waals surface area contributed by atoms with E-state index < -0.39 is 47.5 Å². The third kappa shape index (κ3) is 3.34. The van der Waals surface area contributed by atoms with Gasteiger partial charge >= 0.3 is 11.9 Å². The van der Waals surface area contributed by atoms with E-state index in [4.69, 9.17) is 9.47 Å². The second-order valence-electron chi connectivity index (χ2n) is 8.58. The molecule has 0 bridgehead atoms. The van der Waals surface area contributed by atoms with Crippen molar-refractivity contribution in [3.8, 4) is 0 Å². The Hall–Kier alpha value is -4.28. The molecule has 0 aliphatic heterocycles. The van der Waals surface area contributed by atoms with Gasteiger partial charge in [-0.05, 0) is 35.4 Å². The normalized spacial score (nSPS) is 22.2. The second kappa shape index (κ2) is 8.74. The van der Waals surface area contributed by atoms with Gasteiger partial charge < -0.3 is 29.7 Å². The number of ketones is 2. The van der Waals surface area contributed by atoms with Crippen LogP contribution < -0.4 is 0 Å². The van der Waals surface area contributed by atoms with Crippen molar-refractivity contribution in [2.24, 2.45) is 0 Å². The van der Waals surface area contributed by atoms with Crippen LogP contribution >= 0.6 is 0 Å². The molecule has 5 rings (SSSR count). The van der Waals surface area contributed by atoms with Crippen LogP contribution in [0.2, 0.25) is 0 Å². The van der Waals surface area contributed by atoms with Crippen molar-refractivity contribution in [3.05, 3.63) is 71.0 Å². The number of ether oxygens (including phenoxy) is 2. The Morgan fingerprint density at radius 2 is 1.11 bits per heavy atom. The fourth-order valence-electron chi connectivity index (χ4n) is 5.13. The highest BCUT2D eigenvalue weighted by molar-refractivity contribution is 6.14. The first kappa shape index (κ1) is 23.5. The molecule has 1 fully saturated rings. The van der Waals surface area contributed by atoms with E-state index in [1.165, 1.54) is 38.7 Å². The zero-order valence-corrected chi connectivity index (χ0v) is 19.3. The Balaban J connectivity index is 1.62. The van der Waals surface area contributed by atoms with Gasteiger partial charge in [0.2, 0.25) is 0 Å². The summed E-state index contributed by atoms with van der Waals surface area (Å²) in [5.41, 5.74) is 1.68. The zero-order chi connectivity index (χ0) is 25.7. The summed E-state index contributed by atoms with van der Waals surface area (Å²) in [6.07, 6.45) is -0.758. The summed E-state index contributed by atoms with van der Waals surface area (Å²) in [4.78, 5) is 57.6. The van der Waals surface area contributed by atoms with Crippen LogP contribution in [0.15, 0.2) is 48.8 Å². The van der Waals surface area contributed by atoms with Gasteiger partial charge in [-0.2, -0.15) is 0 Å². The van der Waals surface area contributed by atoms with Crippen LogP contribution in [0, 0.1) is 0 Å². The second-order valence-corrected chi connectivity index (χ2v) is 8.58. The van der Waals surface area contributed by atoms with Gasteiger partial charge in [0.05, 0.1) is 37.2 Å². The monoisotopic (exact) mass is 490 g/mol. The topological polar surface area (TPSA) is 159 Å². The minimum atomic E-state index is -1.81. The molecule has 2 aromatic carbocycles. The van der Waals surface area contributed by atoms with E-state index in [1.807, 2.05) is 0 Å². The van der Waals surface area contributed by atoms with E-state index in [2.05, 4.69) is 9.97 Å². The number of hydrogen-bond donors (Lipinski definition) is 4. The molecule has 1 aliphatic carbocycles. The molecular weight excluding hydrogens is 468 g/mol. The summed E-state index contributed by atoms with van der Waals surface area (Å²) in [5, 5.41) is 22.8. The number of H-pyrrole nitrogens is 2. The van der Waals surface area contributed by atoms with Crippen molar-refractivity contribution in [3.63, 3.8) is 0 Å². The SMILES string of the molecule is COC(=O)c1cccc2[nH]cc(C3C(=O)C(O)C(c4c[nH]c5cccc(C(=O)OC)c45)C(=O)C3O)c12. The molecule has 4 N–H and O–H groups in total. The van der Waals surface area contributed by atoms with Gasteiger partial charge in [0.1, 0.15) is 12.2 Å². The van der Waals surface area contributed by atoms with E-state index in [0.29, 0.717) is 21.8 Å². The smallest absolute Gasteiger partial charge is 0.338 e. The van der Waals surface area contributed by atoms with Crippen LogP contribution in [0.3, 0.4) is 0 Å². The minimum absolute atomic E-state index is 0.148. The maximum absolute atomic E-state index is 13.5. The van der Waals surface area contributed by atoms with Crippen molar-refractivity contribution in [2.45, 2.75) is 24.0 Å². The molecule has 184 valence electrons. The Morgan fingerprint density at radius 3 is 1.47 bits per heavy atom. The highest BCUT2D eigenvalue weighted by Crippen LogP contribution is 2.42. The summed E-state index contributed by atoms with van der Waals surface area (Å²) in [6, 6.07) is 9.61. The Kier molecular flexibility index (Phi) is 5.70. The van der Waals surface area contributed by atoms with Crippen LogP contribution in [0.5, 0.6) is 0 Å². The van der Waals surface area contributed by atoms with E-state index in [0.717, 1.165) is 0 Å². The quantitative estimate of drug-likeness (QED) is 0.316. The van der Waals surface area contributed by atoms with Crippen LogP contribution in [0.25, 0.3) is 21.8 Å². The zero-order valence-electron chi connectivity index (χ0n) is 19.3. The third-order valence-electron chi connectivity index (χ3n) is 6.78. The van der Waals surface area contributed by atoms with Crippen molar-refractivity contribution in [1.29, 1.82) is 0 Å². The average molecular weight is 490 g/mol. The fraction of sp³-hybridized carbons (Fsp3) is 0.231. The number of rotatable bonds is 4. The largest absolute Gasteiger partial charge is 0.465 e. The van der Waals surface area contributed by atoms with Gasteiger partial charge in [0.25, 0.3) is 0 Å². The first-order valence-electron chi connectivity index (χ1n) is 11.1. The number of aliphatic hydroxyl groups is 2. The Bertz CT molecular complexity index is 1430. The van der Waals surface area contributed by atoms with Gasteiger partial charge in [-0.3, -0.25) is 9.59 Å². The Morgan fingerprint density at radius 1 is 0.722 bits per heavy atom. The Labute approximate surface area is 203 Å². The van der Waals surface area contributed by atoms with Crippen molar-refractivity contribution in [1.82, 2.24) is 9.97 Å². The number of aliphatic hydroxyl groups excluding tert-OH is 2. The van der Waals surface area contributed by atoms with Crippen LogP contribution in [0.4, 0.5) is 0 Å². The van der Waals surface area contributed by atoms with Crippen LogP contribution in [-0.2, 0) is 19.1 Å².